The highest BCUT2D eigenvalue weighted by molar-refractivity contribution is 6.31. The Bertz CT molecular complexity index is 1160. The van der Waals surface area contributed by atoms with Gasteiger partial charge in [-0.25, -0.2) is 0 Å². The summed E-state index contributed by atoms with van der Waals surface area (Å²) in [4.78, 5) is 37.6. The Balaban J connectivity index is 1.79. The minimum absolute atomic E-state index is 0.0557. The maximum Gasteiger partial charge on any atom is 0.269 e. The highest BCUT2D eigenvalue weighted by Crippen LogP contribution is 2.25. The first-order valence-corrected chi connectivity index (χ1v) is 9.90. The molecule has 1 N–H and O–H groups in total. The molecule has 0 heterocycles. The van der Waals surface area contributed by atoms with Gasteiger partial charge in [-0.15, -0.1) is 0 Å². The van der Waals surface area contributed by atoms with Crippen LogP contribution in [0.2, 0.25) is 5.02 Å². The van der Waals surface area contributed by atoms with Crippen molar-refractivity contribution in [2.45, 2.75) is 6.54 Å². The summed E-state index contributed by atoms with van der Waals surface area (Å²) >= 11 is 6.16. The van der Waals surface area contributed by atoms with E-state index in [4.69, 9.17) is 16.3 Å². The number of nitrogens with zero attached hydrogens (tertiary/aromatic N) is 2. The van der Waals surface area contributed by atoms with Crippen molar-refractivity contribution in [1.82, 2.24) is 4.90 Å². The molecule has 0 spiro atoms. The molecule has 3 aromatic rings. The second-order valence-corrected chi connectivity index (χ2v) is 7.33. The van der Waals surface area contributed by atoms with Gasteiger partial charge in [-0.05, 0) is 48.0 Å². The Hall–Kier alpha value is -3.91. The lowest BCUT2D eigenvalue weighted by molar-refractivity contribution is -0.384. The Morgan fingerprint density at radius 1 is 1.09 bits per heavy atom. The van der Waals surface area contributed by atoms with Crippen molar-refractivity contribution in [2.24, 2.45) is 0 Å². The van der Waals surface area contributed by atoms with E-state index >= 15 is 0 Å². The molecule has 0 aliphatic rings. The van der Waals surface area contributed by atoms with Gasteiger partial charge in [0.1, 0.15) is 5.75 Å². The van der Waals surface area contributed by atoms with E-state index < -0.39 is 4.92 Å². The van der Waals surface area contributed by atoms with Crippen molar-refractivity contribution in [3.05, 3.63) is 98.6 Å². The van der Waals surface area contributed by atoms with Crippen LogP contribution in [0.3, 0.4) is 0 Å². The van der Waals surface area contributed by atoms with Crippen LogP contribution in [0.4, 0.5) is 11.4 Å². The molecule has 0 aliphatic carbocycles. The summed E-state index contributed by atoms with van der Waals surface area (Å²) in [6, 6.07) is 17.3. The van der Waals surface area contributed by atoms with E-state index in [1.165, 1.54) is 30.2 Å². The number of carbonyl (C=O) groups is 2. The van der Waals surface area contributed by atoms with Crippen LogP contribution < -0.4 is 10.1 Å². The van der Waals surface area contributed by atoms with Crippen LogP contribution in [0.5, 0.6) is 5.75 Å². The number of benzene rings is 3. The Labute approximate surface area is 189 Å². The zero-order valence-corrected chi connectivity index (χ0v) is 18.1. The fraction of sp³-hybridized carbons (Fsp3) is 0.130. The number of hydrogen-bond donors (Lipinski definition) is 1. The van der Waals surface area contributed by atoms with Crippen molar-refractivity contribution < 1.29 is 19.2 Å². The minimum atomic E-state index is -0.522. The molecule has 0 bridgehead atoms. The van der Waals surface area contributed by atoms with Gasteiger partial charge in [0.05, 0.1) is 23.3 Å². The molecule has 3 rings (SSSR count). The standard InChI is InChI=1S/C23H20ClN3O5/c1-26(14-16-13-17(27(30)31)9-12-20(16)24)23(29)19-5-3-4-6-21(19)25-22(28)15-7-10-18(32-2)11-8-15/h3-13H,14H2,1-2H3,(H,25,28). The van der Waals surface area contributed by atoms with Gasteiger partial charge in [0.15, 0.2) is 0 Å². The number of ether oxygens (including phenoxy) is 1. The van der Waals surface area contributed by atoms with Crippen LogP contribution in [0, 0.1) is 10.1 Å². The van der Waals surface area contributed by atoms with Crippen LogP contribution in [-0.4, -0.2) is 35.8 Å². The molecule has 0 aliphatic heterocycles. The molecule has 32 heavy (non-hydrogen) atoms. The summed E-state index contributed by atoms with van der Waals surface area (Å²) in [7, 11) is 3.09. The molecule has 164 valence electrons. The van der Waals surface area contributed by atoms with Crippen molar-refractivity contribution >= 4 is 34.8 Å². The Morgan fingerprint density at radius 3 is 2.44 bits per heavy atom. The van der Waals surface area contributed by atoms with E-state index in [1.54, 1.807) is 55.6 Å². The third-order valence-electron chi connectivity index (χ3n) is 4.75. The number of carbonyl (C=O) groups excluding carboxylic acids is 2. The molecule has 0 aromatic heterocycles. The molecule has 2 amide bonds. The quantitative estimate of drug-likeness (QED) is 0.409. The number of methoxy groups -OCH3 is 1. The first kappa shape index (κ1) is 22.8. The Kier molecular flexibility index (Phi) is 7.07. The SMILES string of the molecule is COc1ccc(C(=O)Nc2ccccc2C(=O)N(C)Cc2cc([N+](=O)[O-])ccc2Cl)cc1. The summed E-state index contributed by atoms with van der Waals surface area (Å²) in [6.45, 7) is 0.0557. The van der Waals surface area contributed by atoms with E-state index in [2.05, 4.69) is 5.32 Å². The molecule has 0 atom stereocenters. The van der Waals surface area contributed by atoms with Crippen LogP contribution >= 0.6 is 11.6 Å². The van der Waals surface area contributed by atoms with Crippen LogP contribution in [0.1, 0.15) is 26.3 Å². The Morgan fingerprint density at radius 2 is 1.78 bits per heavy atom. The van der Waals surface area contributed by atoms with Crippen molar-refractivity contribution in [1.29, 1.82) is 0 Å². The first-order chi connectivity index (χ1) is 15.3. The molecule has 0 saturated carbocycles. The number of non-ortho nitro benzene ring substituents is 1. The molecular weight excluding hydrogens is 434 g/mol. The average molecular weight is 454 g/mol. The molecule has 9 heteroatoms. The van der Waals surface area contributed by atoms with Gasteiger partial charge in [0.25, 0.3) is 17.5 Å². The smallest absolute Gasteiger partial charge is 0.269 e. The van der Waals surface area contributed by atoms with Gasteiger partial charge in [-0.2, -0.15) is 0 Å². The zero-order chi connectivity index (χ0) is 23.3. The topological polar surface area (TPSA) is 102 Å². The van der Waals surface area contributed by atoms with E-state index in [1.807, 2.05) is 0 Å². The van der Waals surface area contributed by atoms with Gasteiger partial charge in [0.2, 0.25) is 0 Å². The number of hydrogen-bond acceptors (Lipinski definition) is 5. The van der Waals surface area contributed by atoms with Gasteiger partial charge < -0.3 is 15.0 Å². The van der Waals surface area contributed by atoms with Gasteiger partial charge in [-0.1, -0.05) is 23.7 Å². The van der Waals surface area contributed by atoms with Crippen molar-refractivity contribution in [3.8, 4) is 5.75 Å². The number of amides is 2. The highest BCUT2D eigenvalue weighted by atomic mass is 35.5. The van der Waals surface area contributed by atoms with Crippen LogP contribution in [0.15, 0.2) is 66.7 Å². The second kappa shape index (κ2) is 9.93. The third-order valence-corrected chi connectivity index (χ3v) is 5.12. The molecule has 0 saturated heterocycles. The lowest BCUT2D eigenvalue weighted by atomic mass is 10.1. The molecule has 0 unspecified atom stereocenters. The number of nitrogens with one attached hydrogen (secondary N) is 1. The normalized spacial score (nSPS) is 10.3. The fourth-order valence-electron chi connectivity index (χ4n) is 3.04. The number of nitro groups is 1. The minimum Gasteiger partial charge on any atom is -0.497 e. The summed E-state index contributed by atoms with van der Waals surface area (Å²) in [5, 5.41) is 14.1. The van der Waals surface area contributed by atoms with Crippen molar-refractivity contribution in [2.75, 3.05) is 19.5 Å². The summed E-state index contributed by atoms with van der Waals surface area (Å²) in [6.07, 6.45) is 0. The predicted molar refractivity (Wildman–Crippen MR) is 121 cm³/mol. The third kappa shape index (κ3) is 5.22. The molecular formula is C23H20ClN3O5. The maximum atomic E-state index is 13.1. The van der Waals surface area contributed by atoms with E-state index in [0.717, 1.165) is 0 Å². The number of anilines is 1. The largest absolute Gasteiger partial charge is 0.497 e. The van der Waals surface area contributed by atoms with Crippen molar-refractivity contribution in [3.63, 3.8) is 0 Å². The van der Waals surface area contributed by atoms with Crippen LogP contribution in [-0.2, 0) is 6.54 Å². The van der Waals surface area contributed by atoms with Gasteiger partial charge >= 0.3 is 0 Å². The van der Waals surface area contributed by atoms with Gasteiger partial charge in [-0.3, -0.25) is 19.7 Å². The summed E-state index contributed by atoms with van der Waals surface area (Å²) in [5.41, 5.74) is 1.35. The molecule has 0 radical (unpaired) electrons. The fourth-order valence-corrected chi connectivity index (χ4v) is 3.22. The summed E-state index contributed by atoms with van der Waals surface area (Å²) < 4.78 is 5.09. The van der Waals surface area contributed by atoms with Gasteiger partial charge in [0, 0.05) is 36.3 Å². The molecule has 0 fully saturated rings. The highest BCUT2D eigenvalue weighted by Gasteiger charge is 2.19. The van der Waals surface area contributed by atoms with E-state index in [9.17, 15) is 19.7 Å². The van der Waals surface area contributed by atoms with E-state index in [-0.39, 0.29) is 29.6 Å². The zero-order valence-electron chi connectivity index (χ0n) is 17.4. The van der Waals surface area contributed by atoms with Crippen LogP contribution in [0.25, 0.3) is 0 Å². The predicted octanol–water partition coefficient (Wildman–Crippen LogP) is 4.78. The number of nitro benzene ring substituents is 1. The average Bonchev–Trinajstić information content (AvgIpc) is 2.80. The lowest BCUT2D eigenvalue weighted by Crippen LogP contribution is -2.27. The van der Waals surface area contributed by atoms with E-state index in [0.29, 0.717) is 27.6 Å². The second-order valence-electron chi connectivity index (χ2n) is 6.92. The number of rotatable bonds is 7. The number of halogens is 1. The maximum absolute atomic E-state index is 13.1. The molecule has 3 aromatic carbocycles. The molecule has 8 nitrogen and oxygen atoms in total. The monoisotopic (exact) mass is 453 g/mol. The first-order valence-electron chi connectivity index (χ1n) is 9.53. The summed E-state index contributed by atoms with van der Waals surface area (Å²) in [5.74, 6) is -0.131. The lowest BCUT2D eigenvalue weighted by Gasteiger charge is -2.20. The number of para-hydroxylation sites is 1.